The fourth-order valence-corrected chi connectivity index (χ4v) is 7.14. The van der Waals surface area contributed by atoms with Crippen molar-refractivity contribution in [1.29, 1.82) is 0 Å². The molecule has 0 unspecified atom stereocenters. The quantitative estimate of drug-likeness (QED) is 0.0384. The lowest BCUT2D eigenvalue weighted by molar-refractivity contribution is -0.345. The molecule has 3 saturated heterocycles. The number of ether oxygens (including phenoxy) is 7. The van der Waals surface area contributed by atoms with Crippen LogP contribution in [-0.4, -0.2) is 183 Å². The molecule has 14 atom stereocenters. The molecule has 352 valence electrons. The van der Waals surface area contributed by atoms with Gasteiger partial charge in [-0.25, -0.2) is 4.79 Å². The van der Waals surface area contributed by atoms with E-state index < -0.39 is 168 Å². The van der Waals surface area contributed by atoms with Gasteiger partial charge in [-0.3, -0.25) is 4.79 Å². The predicted molar refractivity (Wildman–Crippen MR) is 211 cm³/mol. The summed E-state index contributed by atoms with van der Waals surface area (Å²) in [6, 6.07) is 8.61. The lowest BCUT2D eigenvalue weighted by Gasteiger charge is -2.45. The minimum Gasteiger partial charge on any atom is -0.507 e. The standard InChI is InChI=1S/C41H44O24/c42-11-24-29(52)32(55)34(57)39(61-24)59-16-9-21(48)27-23(10-16)60-35(15-3-5-18(45)20(47)8-15)36(31(27)54)64-41-38(33(56)30(53)25(12-43)62-41)65-40-37(28(51)22(49)13-58-40)63-26(50)6-2-14-1-4-17(44)19(46)7-14/h1-10,22,24-25,28-30,32-34,37-49,51-53,55-57H,11-13H2/b6-2+/t22-,24+,25-,28-,29+,30+,32-,33+,34+,37+,38-,39+,40-,41+/m0/s1. The third-order valence-electron chi connectivity index (χ3n) is 10.7. The Morgan fingerprint density at radius 1 is 0.662 bits per heavy atom. The van der Waals surface area contributed by atoms with Gasteiger partial charge >= 0.3 is 5.97 Å². The number of carbonyl (C=O) groups is 1. The first-order valence-corrected chi connectivity index (χ1v) is 19.6. The van der Waals surface area contributed by atoms with E-state index in [1.165, 1.54) is 12.1 Å². The van der Waals surface area contributed by atoms with E-state index in [2.05, 4.69) is 0 Å². The molecule has 3 aliphatic heterocycles. The van der Waals surface area contributed by atoms with Crippen LogP contribution in [0.25, 0.3) is 28.4 Å². The molecule has 3 fully saturated rings. The zero-order valence-corrected chi connectivity index (χ0v) is 33.3. The molecule has 0 bridgehead atoms. The van der Waals surface area contributed by atoms with Gasteiger partial charge in [0.1, 0.15) is 77.4 Å². The van der Waals surface area contributed by atoms with Crippen molar-refractivity contribution in [2.24, 2.45) is 0 Å². The highest BCUT2D eigenvalue weighted by Gasteiger charge is 2.52. The van der Waals surface area contributed by atoms with Gasteiger partial charge < -0.3 is 109 Å². The molecule has 0 spiro atoms. The molecule has 0 aliphatic carbocycles. The van der Waals surface area contributed by atoms with Crippen LogP contribution >= 0.6 is 0 Å². The summed E-state index contributed by atoms with van der Waals surface area (Å²) in [5.41, 5.74) is -1.61. The lowest BCUT2D eigenvalue weighted by atomic mass is 9.98. The van der Waals surface area contributed by atoms with Gasteiger partial charge in [-0.2, -0.15) is 0 Å². The minimum atomic E-state index is -2.10. The average Bonchev–Trinajstić information content (AvgIpc) is 3.27. The first-order chi connectivity index (χ1) is 30.9. The number of aliphatic hydroxyl groups is 9. The summed E-state index contributed by atoms with van der Waals surface area (Å²) < 4.78 is 45.6. The van der Waals surface area contributed by atoms with Crippen molar-refractivity contribution < 1.29 is 114 Å². The van der Waals surface area contributed by atoms with Crippen LogP contribution in [0.4, 0.5) is 0 Å². The first kappa shape index (κ1) is 47.1. The van der Waals surface area contributed by atoms with E-state index in [0.29, 0.717) is 0 Å². The maximum atomic E-state index is 14.4. The molecule has 3 aliphatic rings. The molecule has 4 aromatic rings. The SMILES string of the molecule is O=C(/C=C/c1ccc(O)c(O)c1)O[C@H]1[C@H](O[C@@H]2[C@@H](Oc3c(-c4ccc(O)c(O)c4)oc4cc(O[C@@H]5O[C@H](CO)[C@@H](O)[C@H](O)[C@H]5O)cc(O)c4c3=O)O[C@@H](CO)[C@@H](O)[C@H]2O)OC[C@H](O)[C@@H]1O. The van der Waals surface area contributed by atoms with Crippen molar-refractivity contribution in [3.8, 4) is 51.6 Å². The number of phenolic OH excluding ortho intramolecular Hbond substituents is 5. The molecule has 24 heteroatoms. The van der Waals surface area contributed by atoms with Gasteiger partial charge in [0.05, 0.1) is 19.8 Å². The van der Waals surface area contributed by atoms with Gasteiger partial charge in [-0.1, -0.05) is 6.07 Å². The topological polar surface area (TPSA) is 395 Å². The Bertz CT molecular complexity index is 2440. The Labute approximate surface area is 364 Å². The van der Waals surface area contributed by atoms with Gasteiger partial charge in [0.2, 0.25) is 23.8 Å². The summed E-state index contributed by atoms with van der Waals surface area (Å²) in [7, 11) is 0. The fourth-order valence-electron chi connectivity index (χ4n) is 7.14. The Hall–Kier alpha value is -5.84. The zero-order chi connectivity index (χ0) is 47.0. The highest BCUT2D eigenvalue weighted by Crippen LogP contribution is 2.41. The summed E-state index contributed by atoms with van der Waals surface area (Å²) in [6.07, 6.45) is -23.7. The number of fused-ring (bicyclic) bond motifs is 1. The second-order valence-corrected chi connectivity index (χ2v) is 15.1. The molecule has 4 heterocycles. The van der Waals surface area contributed by atoms with Crippen molar-refractivity contribution >= 4 is 23.0 Å². The van der Waals surface area contributed by atoms with Gasteiger partial charge in [0.15, 0.2) is 47.3 Å². The number of rotatable bonds is 12. The monoisotopic (exact) mass is 920 g/mol. The Balaban J connectivity index is 1.24. The van der Waals surface area contributed by atoms with Crippen molar-refractivity contribution in [3.05, 3.63) is 70.4 Å². The van der Waals surface area contributed by atoms with Crippen LogP contribution in [0, 0.1) is 0 Å². The molecular formula is C41H44O24. The smallest absolute Gasteiger partial charge is 0.331 e. The molecule has 0 amide bonds. The van der Waals surface area contributed by atoms with E-state index in [1.807, 2.05) is 0 Å². The summed E-state index contributed by atoms with van der Waals surface area (Å²) >= 11 is 0. The molecule has 14 N–H and O–H groups in total. The van der Waals surface area contributed by atoms with Crippen molar-refractivity contribution in [2.45, 2.75) is 86.0 Å². The molecule has 7 rings (SSSR count). The van der Waals surface area contributed by atoms with E-state index in [0.717, 1.165) is 48.5 Å². The predicted octanol–water partition coefficient (Wildman–Crippen LogP) is -2.93. The average molecular weight is 921 g/mol. The lowest BCUT2D eigenvalue weighted by Crippen LogP contribution is -2.64. The second kappa shape index (κ2) is 19.3. The number of esters is 1. The number of benzene rings is 3. The number of carbonyl (C=O) groups excluding carboxylic acids is 1. The third-order valence-corrected chi connectivity index (χ3v) is 10.7. The van der Waals surface area contributed by atoms with Crippen molar-refractivity contribution in [1.82, 2.24) is 0 Å². The summed E-state index contributed by atoms with van der Waals surface area (Å²) in [5.74, 6) is -6.04. The molecular weight excluding hydrogens is 876 g/mol. The molecule has 3 aromatic carbocycles. The normalized spacial score (nSPS) is 31.8. The maximum Gasteiger partial charge on any atom is 0.331 e. The van der Waals surface area contributed by atoms with Gasteiger partial charge in [0.25, 0.3) is 0 Å². The Kier molecular flexibility index (Phi) is 14.0. The van der Waals surface area contributed by atoms with Gasteiger partial charge in [-0.05, 0) is 42.0 Å². The Morgan fingerprint density at radius 2 is 1.31 bits per heavy atom. The maximum absolute atomic E-state index is 14.4. The molecule has 65 heavy (non-hydrogen) atoms. The highest BCUT2D eigenvalue weighted by atomic mass is 16.8. The van der Waals surface area contributed by atoms with E-state index in [4.69, 9.17) is 37.6 Å². The van der Waals surface area contributed by atoms with Crippen molar-refractivity contribution in [3.63, 3.8) is 0 Å². The van der Waals surface area contributed by atoms with Crippen LogP contribution in [0.2, 0.25) is 0 Å². The number of hydrogen-bond acceptors (Lipinski definition) is 24. The van der Waals surface area contributed by atoms with Crippen LogP contribution < -0.4 is 14.9 Å². The largest absolute Gasteiger partial charge is 0.507 e. The van der Waals surface area contributed by atoms with Crippen LogP contribution in [0.1, 0.15) is 5.56 Å². The molecule has 24 nitrogen and oxygen atoms in total. The van der Waals surface area contributed by atoms with Crippen LogP contribution in [0.5, 0.6) is 40.2 Å². The number of aromatic hydroxyl groups is 5. The Morgan fingerprint density at radius 3 is 1.97 bits per heavy atom. The summed E-state index contributed by atoms with van der Waals surface area (Å²) in [5, 5.41) is 145. The van der Waals surface area contributed by atoms with Crippen LogP contribution in [0.15, 0.2) is 63.8 Å². The third kappa shape index (κ3) is 9.61. The van der Waals surface area contributed by atoms with Gasteiger partial charge in [-0.15, -0.1) is 0 Å². The van der Waals surface area contributed by atoms with E-state index in [9.17, 15) is 81.1 Å². The van der Waals surface area contributed by atoms with E-state index in [-0.39, 0.29) is 16.9 Å². The first-order valence-electron chi connectivity index (χ1n) is 19.6. The van der Waals surface area contributed by atoms with E-state index >= 15 is 0 Å². The van der Waals surface area contributed by atoms with E-state index in [1.54, 1.807) is 0 Å². The molecule has 1 aromatic heterocycles. The number of phenols is 5. The molecule has 0 radical (unpaired) electrons. The number of hydrogen-bond donors (Lipinski definition) is 14. The highest BCUT2D eigenvalue weighted by molar-refractivity contribution is 5.89. The van der Waals surface area contributed by atoms with Crippen molar-refractivity contribution in [2.75, 3.05) is 19.8 Å². The fraction of sp³-hybridized carbons (Fsp3) is 0.415. The van der Waals surface area contributed by atoms with Crippen LogP contribution in [-0.2, 0) is 28.5 Å². The number of aliphatic hydroxyl groups excluding tert-OH is 9. The summed E-state index contributed by atoms with van der Waals surface area (Å²) in [6.45, 7) is -2.38. The second-order valence-electron chi connectivity index (χ2n) is 15.1. The van der Waals surface area contributed by atoms with Crippen LogP contribution in [0.3, 0.4) is 0 Å². The van der Waals surface area contributed by atoms with Gasteiger partial charge in [0, 0.05) is 23.8 Å². The zero-order valence-electron chi connectivity index (χ0n) is 33.3. The molecule has 0 saturated carbocycles. The summed E-state index contributed by atoms with van der Waals surface area (Å²) in [4.78, 5) is 27.4. The minimum absolute atomic E-state index is 0.183.